The molecule has 0 spiro atoms. The van der Waals surface area contributed by atoms with Crippen LogP contribution in [0.15, 0.2) is 5.38 Å². The van der Waals surface area contributed by atoms with E-state index in [0.717, 1.165) is 10.7 Å². The molecule has 1 aromatic rings. The number of aromatic nitrogens is 1. The molecule has 78 valence electrons. The molecule has 0 saturated heterocycles. The summed E-state index contributed by atoms with van der Waals surface area (Å²) in [7, 11) is 0. The minimum absolute atomic E-state index is 0.0104. The molecule has 0 aliphatic rings. The molecule has 1 unspecified atom stereocenters. The van der Waals surface area contributed by atoms with Crippen molar-refractivity contribution in [1.82, 2.24) is 4.98 Å². The van der Waals surface area contributed by atoms with E-state index < -0.39 is 5.97 Å². The van der Waals surface area contributed by atoms with Gasteiger partial charge in [-0.2, -0.15) is 0 Å². The molecule has 0 aromatic carbocycles. The van der Waals surface area contributed by atoms with Crippen molar-refractivity contribution < 1.29 is 9.90 Å². The van der Waals surface area contributed by atoms with E-state index in [9.17, 15) is 4.79 Å². The maximum absolute atomic E-state index is 10.5. The van der Waals surface area contributed by atoms with Crippen LogP contribution in [0.25, 0.3) is 0 Å². The predicted octanol–water partition coefficient (Wildman–Crippen LogP) is 2.84. The first kappa shape index (κ1) is 11.2. The van der Waals surface area contributed by atoms with Gasteiger partial charge >= 0.3 is 5.97 Å². The van der Waals surface area contributed by atoms with Crippen LogP contribution in [-0.4, -0.2) is 16.1 Å². The third-order valence-electron chi connectivity index (χ3n) is 2.02. The van der Waals surface area contributed by atoms with Crippen LogP contribution < -0.4 is 0 Å². The first-order valence-corrected chi connectivity index (χ1v) is 5.55. The number of hydrogen-bond acceptors (Lipinski definition) is 3. The fraction of sp³-hybridized carbons (Fsp3) is 0.600. The van der Waals surface area contributed by atoms with Gasteiger partial charge in [0.25, 0.3) is 0 Å². The van der Waals surface area contributed by atoms with Crippen molar-refractivity contribution in [2.24, 2.45) is 0 Å². The maximum Gasteiger partial charge on any atom is 0.304 e. The zero-order chi connectivity index (χ0) is 10.7. The summed E-state index contributed by atoms with van der Waals surface area (Å²) in [6, 6.07) is 0. The van der Waals surface area contributed by atoms with E-state index in [1.165, 1.54) is 0 Å². The topological polar surface area (TPSA) is 50.2 Å². The SMILES string of the molecule is CC(C)c1nc(C(C)CC(=O)O)cs1. The molecule has 0 radical (unpaired) electrons. The van der Waals surface area contributed by atoms with E-state index in [1.54, 1.807) is 11.3 Å². The molecule has 1 heterocycles. The number of aliphatic carboxylic acids is 1. The lowest BCUT2D eigenvalue weighted by Gasteiger charge is -2.04. The Bertz CT molecular complexity index is 320. The second-order valence-electron chi connectivity index (χ2n) is 3.76. The summed E-state index contributed by atoms with van der Waals surface area (Å²) < 4.78 is 0. The van der Waals surface area contributed by atoms with Crippen LogP contribution in [0.4, 0.5) is 0 Å². The standard InChI is InChI=1S/C10H15NO2S/c1-6(2)10-11-8(5-14-10)7(3)4-9(12)13/h5-7H,4H2,1-3H3,(H,12,13). The highest BCUT2D eigenvalue weighted by molar-refractivity contribution is 7.09. The van der Waals surface area contributed by atoms with Gasteiger partial charge in [-0.15, -0.1) is 11.3 Å². The fourth-order valence-electron chi connectivity index (χ4n) is 1.16. The molecule has 1 atom stereocenters. The van der Waals surface area contributed by atoms with Gasteiger partial charge in [-0.25, -0.2) is 4.98 Å². The molecular formula is C10H15NO2S. The van der Waals surface area contributed by atoms with Crippen LogP contribution in [0.1, 0.15) is 49.7 Å². The summed E-state index contributed by atoms with van der Waals surface area (Å²) in [6.07, 6.45) is 0.154. The summed E-state index contributed by atoms with van der Waals surface area (Å²) in [5.41, 5.74) is 0.904. The highest BCUT2D eigenvalue weighted by Gasteiger charge is 2.14. The Morgan fingerprint density at radius 2 is 2.21 bits per heavy atom. The molecule has 1 N–H and O–H groups in total. The van der Waals surface area contributed by atoms with Crippen LogP contribution in [0.5, 0.6) is 0 Å². The zero-order valence-electron chi connectivity index (χ0n) is 8.65. The number of carboxylic acid groups (broad SMARTS) is 1. The third kappa shape index (κ3) is 2.80. The average molecular weight is 213 g/mol. The Hall–Kier alpha value is -0.900. The number of hydrogen-bond donors (Lipinski definition) is 1. The van der Waals surface area contributed by atoms with Crippen molar-refractivity contribution in [3.05, 3.63) is 16.1 Å². The lowest BCUT2D eigenvalue weighted by Crippen LogP contribution is -2.03. The maximum atomic E-state index is 10.5. The second kappa shape index (κ2) is 4.55. The Balaban J connectivity index is 2.71. The summed E-state index contributed by atoms with van der Waals surface area (Å²) in [6.45, 7) is 6.07. The van der Waals surface area contributed by atoms with Crippen molar-refractivity contribution in [2.45, 2.75) is 39.0 Å². The molecule has 1 aromatic heterocycles. The fourth-order valence-corrected chi connectivity index (χ4v) is 2.12. The Morgan fingerprint density at radius 3 is 2.64 bits per heavy atom. The number of carboxylic acids is 1. The van der Waals surface area contributed by atoms with Gasteiger partial charge in [-0.3, -0.25) is 4.79 Å². The third-order valence-corrected chi connectivity index (χ3v) is 3.18. The lowest BCUT2D eigenvalue weighted by atomic mass is 10.1. The van der Waals surface area contributed by atoms with Crippen molar-refractivity contribution in [3.63, 3.8) is 0 Å². The van der Waals surface area contributed by atoms with Crippen molar-refractivity contribution in [2.75, 3.05) is 0 Å². The van der Waals surface area contributed by atoms with Crippen molar-refractivity contribution in [3.8, 4) is 0 Å². The summed E-state index contributed by atoms with van der Waals surface area (Å²) >= 11 is 1.61. The van der Waals surface area contributed by atoms with E-state index in [2.05, 4.69) is 18.8 Å². The highest BCUT2D eigenvalue weighted by Crippen LogP contribution is 2.25. The van der Waals surface area contributed by atoms with Gasteiger partial charge in [0.2, 0.25) is 0 Å². The normalized spacial score (nSPS) is 13.1. The monoisotopic (exact) mass is 213 g/mol. The van der Waals surface area contributed by atoms with E-state index in [1.807, 2.05) is 12.3 Å². The molecule has 0 fully saturated rings. The summed E-state index contributed by atoms with van der Waals surface area (Å²) in [4.78, 5) is 14.9. The number of thiazole rings is 1. The van der Waals surface area contributed by atoms with Gasteiger partial charge < -0.3 is 5.11 Å². The van der Waals surface area contributed by atoms with Crippen LogP contribution in [0, 0.1) is 0 Å². The zero-order valence-corrected chi connectivity index (χ0v) is 9.47. The average Bonchev–Trinajstić information content (AvgIpc) is 2.50. The molecule has 1 rings (SSSR count). The van der Waals surface area contributed by atoms with E-state index >= 15 is 0 Å². The van der Waals surface area contributed by atoms with Gasteiger partial charge in [0, 0.05) is 17.2 Å². The van der Waals surface area contributed by atoms with Crippen LogP contribution in [0.3, 0.4) is 0 Å². The van der Waals surface area contributed by atoms with Gasteiger partial charge in [0.15, 0.2) is 0 Å². The summed E-state index contributed by atoms with van der Waals surface area (Å²) in [5, 5.41) is 11.7. The van der Waals surface area contributed by atoms with E-state index in [4.69, 9.17) is 5.11 Å². The molecule has 0 bridgehead atoms. The highest BCUT2D eigenvalue weighted by atomic mass is 32.1. The quantitative estimate of drug-likeness (QED) is 0.836. The smallest absolute Gasteiger partial charge is 0.304 e. The minimum atomic E-state index is -0.767. The molecule has 0 saturated carbocycles. The number of carbonyl (C=O) groups is 1. The molecule has 14 heavy (non-hydrogen) atoms. The van der Waals surface area contributed by atoms with Crippen LogP contribution >= 0.6 is 11.3 Å². The molecule has 0 aliphatic carbocycles. The summed E-state index contributed by atoms with van der Waals surface area (Å²) in [5.74, 6) is -0.335. The van der Waals surface area contributed by atoms with Gasteiger partial charge in [-0.05, 0) is 0 Å². The predicted molar refractivity (Wildman–Crippen MR) is 56.9 cm³/mol. The molecular weight excluding hydrogens is 198 g/mol. The molecule has 0 amide bonds. The molecule has 4 heteroatoms. The first-order chi connectivity index (χ1) is 6.50. The van der Waals surface area contributed by atoms with Crippen LogP contribution in [0.2, 0.25) is 0 Å². The Morgan fingerprint density at radius 1 is 1.57 bits per heavy atom. The number of nitrogens with zero attached hydrogens (tertiary/aromatic N) is 1. The largest absolute Gasteiger partial charge is 0.481 e. The minimum Gasteiger partial charge on any atom is -0.481 e. The molecule has 0 aliphatic heterocycles. The van der Waals surface area contributed by atoms with Crippen molar-refractivity contribution >= 4 is 17.3 Å². The first-order valence-electron chi connectivity index (χ1n) is 4.67. The number of rotatable bonds is 4. The van der Waals surface area contributed by atoms with Gasteiger partial charge in [0.05, 0.1) is 17.1 Å². The lowest BCUT2D eigenvalue weighted by molar-refractivity contribution is -0.137. The van der Waals surface area contributed by atoms with E-state index in [0.29, 0.717) is 5.92 Å². The molecule has 3 nitrogen and oxygen atoms in total. The van der Waals surface area contributed by atoms with E-state index in [-0.39, 0.29) is 12.3 Å². The van der Waals surface area contributed by atoms with Gasteiger partial charge in [0.1, 0.15) is 0 Å². The Kier molecular flexibility index (Phi) is 3.63. The second-order valence-corrected chi connectivity index (χ2v) is 4.65. The van der Waals surface area contributed by atoms with Crippen LogP contribution in [-0.2, 0) is 4.79 Å². The van der Waals surface area contributed by atoms with Crippen molar-refractivity contribution in [1.29, 1.82) is 0 Å². The Labute approximate surface area is 87.8 Å². The van der Waals surface area contributed by atoms with Gasteiger partial charge in [-0.1, -0.05) is 20.8 Å².